The van der Waals surface area contributed by atoms with E-state index in [4.69, 9.17) is 0 Å². The minimum Gasteiger partial charge on any atom is -0.392 e. The van der Waals surface area contributed by atoms with Crippen LogP contribution in [0.2, 0.25) is 0 Å². The van der Waals surface area contributed by atoms with Gasteiger partial charge in [0, 0.05) is 26.7 Å². The molecule has 4 heteroatoms. The molecule has 2 unspecified atom stereocenters. The zero-order valence-electron chi connectivity index (χ0n) is 11.1. The van der Waals surface area contributed by atoms with Gasteiger partial charge in [0.25, 0.3) is 0 Å². The Bertz CT molecular complexity index is 583. The summed E-state index contributed by atoms with van der Waals surface area (Å²) in [6.45, 7) is 0. The number of aromatic nitrogens is 2. The molecule has 0 spiro atoms. The fourth-order valence-corrected chi connectivity index (χ4v) is 2.62. The van der Waals surface area contributed by atoms with Crippen molar-refractivity contribution < 1.29 is 5.11 Å². The Morgan fingerprint density at radius 3 is 2.63 bits per heavy atom. The number of aliphatic hydroxyl groups excluding tert-OH is 1. The minimum absolute atomic E-state index is 0.0436. The zero-order valence-corrected chi connectivity index (χ0v) is 11.1. The van der Waals surface area contributed by atoms with Crippen molar-refractivity contribution >= 4 is 5.95 Å². The molecule has 0 amide bonds. The lowest BCUT2D eigenvalue weighted by molar-refractivity contribution is 0.169. The van der Waals surface area contributed by atoms with Crippen molar-refractivity contribution in [2.24, 2.45) is 0 Å². The minimum atomic E-state index is -0.413. The van der Waals surface area contributed by atoms with Gasteiger partial charge in [0.05, 0.1) is 17.7 Å². The monoisotopic (exact) mass is 255 g/mol. The van der Waals surface area contributed by atoms with E-state index >= 15 is 0 Å². The molecule has 1 aliphatic carbocycles. The van der Waals surface area contributed by atoms with Crippen LogP contribution in [0.25, 0.3) is 0 Å². The summed E-state index contributed by atoms with van der Waals surface area (Å²) in [5, 5.41) is 10.3. The fourth-order valence-electron chi connectivity index (χ4n) is 2.62. The number of aliphatic hydroxyl groups is 1. The summed E-state index contributed by atoms with van der Waals surface area (Å²) < 4.78 is 0. The smallest absolute Gasteiger partial charge is 0.225 e. The van der Waals surface area contributed by atoms with Crippen LogP contribution in [0.15, 0.2) is 36.5 Å². The number of anilines is 1. The van der Waals surface area contributed by atoms with Gasteiger partial charge in [0.2, 0.25) is 5.95 Å². The lowest BCUT2D eigenvalue weighted by atomic mass is 9.95. The Morgan fingerprint density at radius 1 is 1.21 bits per heavy atom. The second kappa shape index (κ2) is 4.63. The molecular formula is C15H17N3O. The van der Waals surface area contributed by atoms with Gasteiger partial charge in [-0.3, -0.25) is 0 Å². The van der Waals surface area contributed by atoms with Gasteiger partial charge < -0.3 is 10.0 Å². The largest absolute Gasteiger partial charge is 0.392 e. The van der Waals surface area contributed by atoms with Crippen molar-refractivity contribution in [3.8, 4) is 0 Å². The average Bonchev–Trinajstić information content (AvgIpc) is 2.74. The zero-order chi connectivity index (χ0) is 13.4. The van der Waals surface area contributed by atoms with Crippen molar-refractivity contribution in [2.75, 3.05) is 19.0 Å². The Kier molecular flexibility index (Phi) is 2.95. The highest BCUT2D eigenvalue weighted by Gasteiger charge is 2.34. The maximum absolute atomic E-state index is 10.3. The van der Waals surface area contributed by atoms with Gasteiger partial charge in [0.15, 0.2) is 0 Å². The first kappa shape index (κ1) is 12.1. The van der Waals surface area contributed by atoms with Gasteiger partial charge in [-0.25, -0.2) is 9.97 Å². The van der Waals surface area contributed by atoms with E-state index < -0.39 is 6.10 Å². The van der Waals surface area contributed by atoms with Crippen molar-refractivity contribution in [1.29, 1.82) is 0 Å². The summed E-state index contributed by atoms with van der Waals surface area (Å²) in [6, 6.07) is 10.1. The molecule has 1 aromatic carbocycles. The van der Waals surface area contributed by atoms with Crippen LogP contribution in [0.1, 0.15) is 22.7 Å². The first-order valence-corrected chi connectivity index (χ1v) is 6.43. The number of hydrogen-bond acceptors (Lipinski definition) is 4. The van der Waals surface area contributed by atoms with Gasteiger partial charge in [-0.15, -0.1) is 0 Å². The Morgan fingerprint density at radius 2 is 1.95 bits per heavy atom. The molecule has 1 heterocycles. The van der Waals surface area contributed by atoms with Gasteiger partial charge in [0.1, 0.15) is 0 Å². The lowest BCUT2D eigenvalue weighted by Gasteiger charge is -2.17. The molecule has 1 N–H and O–H groups in total. The molecule has 0 aliphatic heterocycles. The highest BCUT2D eigenvalue weighted by atomic mass is 16.3. The molecule has 3 rings (SSSR count). The van der Waals surface area contributed by atoms with Gasteiger partial charge in [-0.05, 0) is 11.1 Å². The normalized spacial score (nSPS) is 21.2. The van der Waals surface area contributed by atoms with Gasteiger partial charge in [-0.2, -0.15) is 0 Å². The molecule has 1 aliphatic rings. The van der Waals surface area contributed by atoms with E-state index in [1.54, 1.807) is 0 Å². The second-order valence-electron chi connectivity index (χ2n) is 5.13. The fraction of sp³-hybridized carbons (Fsp3) is 0.333. The van der Waals surface area contributed by atoms with Gasteiger partial charge in [-0.1, -0.05) is 30.3 Å². The number of hydrogen-bond donors (Lipinski definition) is 1. The molecule has 19 heavy (non-hydrogen) atoms. The standard InChI is InChI=1S/C15H17N3O/c1-18(2)15-16-9-11-8-12(19)13(14(11)17-15)10-6-4-3-5-7-10/h3-7,9,12-13,19H,8H2,1-2H3. The third kappa shape index (κ3) is 2.08. The molecule has 4 nitrogen and oxygen atoms in total. The van der Waals surface area contributed by atoms with Gasteiger partial charge >= 0.3 is 0 Å². The predicted octanol–water partition coefficient (Wildman–Crippen LogP) is 1.59. The van der Waals surface area contributed by atoms with Crippen LogP contribution in [-0.4, -0.2) is 35.3 Å². The van der Waals surface area contributed by atoms with E-state index in [0.717, 1.165) is 16.8 Å². The molecule has 0 radical (unpaired) electrons. The molecule has 2 aromatic rings. The van der Waals surface area contributed by atoms with E-state index in [-0.39, 0.29) is 5.92 Å². The summed E-state index contributed by atoms with van der Waals surface area (Å²) in [4.78, 5) is 10.8. The van der Waals surface area contributed by atoms with Crippen LogP contribution in [0.4, 0.5) is 5.95 Å². The molecule has 0 saturated carbocycles. The van der Waals surface area contributed by atoms with E-state index in [1.165, 1.54) is 0 Å². The number of rotatable bonds is 2. The van der Waals surface area contributed by atoms with Crippen molar-refractivity contribution in [3.05, 3.63) is 53.3 Å². The van der Waals surface area contributed by atoms with E-state index in [0.29, 0.717) is 12.4 Å². The summed E-state index contributed by atoms with van der Waals surface area (Å²) in [5.41, 5.74) is 3.11. The Hall–Kier alpha value is -1.94. The highest BCUT2D eigenvalue weighted by molar-refractivity contribution is 5.42. The Balaban J connectivity index is 2.07. The van der Waals surface area contributed by atoms with Crippen LogP contribution in [0.5, 0.6) is 0 Å². The molecule has 0 bridgehead atoms. The van der Waals surface area contributed by atoms with E-state index in [2.05, 4.69) is 9.97 Å². The molecule has 0 fully saturated rings. The molecule has 0 saturated heterocycles. The summed E-state index contributed by atoms with van der Waals surface area (Å²) in [6.07, 6.45) is 2.05. The van der Waals surface area contributed by atoms with E-state index in [1.807, 2.05) is 55.5 Å². The second-order valence-corrected chi connectivity index (χ2v) is 5.13. The average molecular weight is 255 g/mol. The maximum Gasteiger partial charge on any atom is 0.225 e. The van der Waals surface area contributed by atoms with Crippen LogP contribution in [0, 0.1) is 0 Å². The van der Waals surface area contributed by atoms with Crippen LogP contribution < -0.4 is 4.90 Å². The highest BCUT2D eigenvalue weighted by Crippen LogP contribution is 2.37. The third-order valence-electron chi connectivity index (χ3n) is 3.55. The van der Waals surface area contributed by atoms with Crippen LogP contribution >= 0.6 is 0 Å². The molecular weight excluding hydrogens is 238 g/mol. The number of fused-ring (bicyclic) bond motifs is 1. The van der Waals surface area contributed by atoms with Crippen molar-refractivity contribution in [3.63, 3.8) is 0 Å². The Labute approximate surface area is 112 Å². The molecule has 98 valence electrons. The van der Waals surface area contributed by atoms with Crippen LogP contribution in [-0.2, 0) is 6.42 Å². The van der Waals surface area contributed by atoms with Crippen molar-refractivity contribution in [1.82, 2.24) is 9.97 Å². The quantitative estimate of drug-likeness (QED) is 0.885. The SMILES string of the molecule is CN(C)c1ncc2c(n1)C(c1ccccc1)C(O)C2. The first-order valence-electron chi connectivity index (χ1n) is 6.43. The number of benzene rings is 1. The van der Waals surface area contributed by atoms with E-state index in [9.17, 15) is 5.11 Å². The third-order valence-corrected chi connectivity index (χ3v) is 3.55. The topological polar surface area (TPSA) is 49.2 Å². The first-order chi connectivity index (χ1) is 9.16. The summed E-state index contributed by atoms with van der Waals surface area (Å²) in [7, 11) is 3.84. The van der Waals surface area contributed by atoms with Crippen LogP contribution in [0.3, 0.4) is 0 Å². The lowest BCUT2D eigenvalue weighted by Crippen LogP contribution is -2.17. The predicted molar refractivity (Wildman–Crippen MR) is 74.4 cm³/mol. The number of nitrogens with zero attached hydrogens (tertiary/aromatic N) is 3. The summed E-state index contributed by atoms with van der Waals surface area (Å²) in [5.74, 6) is 0.645. The van der Waals surface area contributed by atoms with Crippen molar-refractivity contribution in [2.45, 2.75) is 18.4 Å². The summed E-state index contributed by atoms with van der Waals surface area (Å²) >= 11 is 0. The molecule has 1 aromatic heterocycles. The maximum atomic E-state index is 10.3. The molecule has 2 atom stereocenters.